The molecule has 2 aromatic heterocycles. The van der Waals surface area contributed by atoms with Crippen LogP contribution in [0.15, 0.2) is 59.3 Å². The monoisotopic (exact) mass is 351 g/mol. The van der Waals surface area contributed by atoms with Crippen LogP contribution in [0.1, 0.15) is 23.4 Å². The van der Waals surface area contributed by atoms with Crippen molar-refractivity contribution in [3.8, 4) is 0 Å². The summed E-state index contributed by atoms with van der Waals surface area (Å²) in [5.74, 6) is 0.185. The average Bonchev–Trinajstić information content (AvgIpc) is 3.32. The Labute approximate surface area is 151 Å². The second-order valence-electron chi connectivity index (χ2n) is 6.64. The number of nitrogens with one attached hydrogen (secondary N) is 1. The van der Waals surface area contributed by atoms with Gasteiger partial charge in [-0.1, -0.05) is 18.2 Å². The summed E-state index contributed by atoms with van der Waals surface area (Å²) >= 11 is 0. The van der Waals surface area contributed by atoms with Gasteiger partial charge < -0.3 is 19.2 Å². The number of likely N-dealkylation sites (tertiary alicyclic amines) is 1. The van der Waals surface area contributed by atoms with E-state index in [0.717, 1.165) is 23.7 Å². The fourth-order valence-corrected chi connectivity index (χ4v) is 3.54. The number of amides is 2. The molecule has 0 radical (unpaired) electrons. The molecule has 2 amide bonds. The standard InChI is InChI=1S/C20H21N3O3/c24-19(14-22-11-9-15-5-1-2-7-17(15)22)21-16-6-3-10-23(13-16)20(25)18-8-4-12-26-18/h1-2,4-5,7-9,11-12,16H,3,6,10,13-14H2,(H,21,24). The number of aromatic nitrogens is 1. The number of hydrogen-bond donors (Lipinski definition) is 1. The van der Waals surface area contributed by atoms with E-state index >= 15 is 0 Å². The molecule has 6 nitrogen and oxygen atoms in total. The fraction of sp³-hybridized carbons (Fsp3) is 0.300. The molecule has 3 heterocycles. The number of carbonyl (C=O) groups excluding carboxylic acids is 2. The first-order valence-electron chi connectivity index (χ1n) is 8.87. The predicted molar refractivity (Wildman–Crippen MR) is 97.7 cm³/mol. The maximum absolute atomic E-state index is 12.5. The van der Waals surface area contributed by atoms with Gasteiger partial charge in [0.15, 0.2) is 5.76 Å². The lowest BCUT2D eigenvalue weighted by atomic mass is 10.1. The zero-order chi connectivity index (χ0) is 17.9. The normalized spacial score (nSPS) is 17.4. The van der Waals surface area contributed by atoms with Gasteiger partial charge in [-0.05, 0) is 42.5 Å². The van der Waals surface area contributed by atoms with E-state index in [1.54, 1.807) is 17.0 Å². The van der Waals surface area contributed by atoms with E-state index in [1.807, 2.05) is 41.1 Å². The molecule has 3 aromatic rings. The Kier molecular flexibility index (Phi) is 4.48. The summed E-state index contributed by atoms with van der Waals surface area (Å²) < 4.78 is 7.14. The van der Waals surface area contributed by atoms with Crippen LogP contribution in [0.25, 0.3) is 10.9 Å². The van der Waals surface area contributed by atoms with Crippen molar-refractivity contribution in [2.24, 2.45) is 0 Å². The summed E-state index contributed by atoms with van der Waals surface area (Å²) in [6.45, 7) is 1.47. The van der Waals surface area contributed by atoms with Crippen LogP contribution in [-0.4, -0.2) is 40.4 Å². The van der Waals surface area contributed by atoms with Gasteiger partial charge in [0.1, 0.15) is 6.54 Å². The summed E-state index contributed by atoms with van der Waals surface area (Å²) in [6, 6.07) is 13.3. The third kappa shape index (κ3) is 3.35. The molecule has 0 aliphatic carbocycles. The van der Waals surface area contributed by atoms with Crippen LogP contribution in [0.4, 0.5) is 0 Å². The van der Waals surface area contributed by atoms with Crippen LogP contribution in [-0.2, 0) is 11.3 Å². The van der Waals surface area contributed by atoms with Gasteiger partial charge >= 0.3 is 0 Å². The van der Waals surface area contributed by atoms with Gasteiger partial charge in [-0.15, -0.1) is 0 Å². The molecule has 4 rings (SSSR count). The molecule has 134 valence electrons. The molecule has 6 heteroatoms. The minimum absolute atomic E-state index is 0.0306. The minimum Gasteiger partial charge on any atom is -0.459 e. The Morgan fingerprint density at radius 1 is 1.15 bits per heavy atom. The van der Waals surface area contributed by atoms with Crippen LogP contribution < -0.4 is 5.32 Å². The van der Waals surface area contributed by atoms with Crippen LogP contribution in [0.5, 0.6) is 0 Å². The van der Waals surface area contributed by atoms with Crippen molar-refractivity contribution in [2.45, 2.75) is 25.4 Å². The number of piperidine rings is 1. The molecule has 0 saturated carbocycles. The Balaban J connectivity index is 1.37. The maximum Gasteiger partial charge on any atom is 0.289 e. The van der Waals surface area contributed by atoms with Gasteiger partial charge in [0.2, 0.25) is 5.91 Å². The number of rotatable bonds is 4. The van der Waals surface area contributed by atoms with E-state index in [2.05, 4.69) is 5.32 Å². The number of carbonyl (C=O) groups is 2. The Hall–Kier alpha value is -3.02. The molecule has 26 heavy (non-hydrogen) atoms. The number of fused-ring (bicyclic) bond motifs is 1. The van der Waals surface area contributed by atoms with Crippen molar-refractivity contribution >= 4 is 22.7 Å². The van der Waals surface area contributed by atoms with Crippen LogP contribution >= 0.6 is 0 Å². The Bertz CT molecular complexity index is 913. The summed E-state index contributed by atoms with van der Waals surface area (Å²) in [5, 5.41) is 4.19. The van der Waals surface area contributed by atoms with E-state index in [1.165, 1.54) is 6.26 Å². The number of furan rings is 1. The maximum atomic E-state index is 12.5. The second-order valence-corrected chi connectivity index (χ2v) is 6.64. The van der Waals surface area contributed by atoms with Gasteiger partial charge in [0.05, 0.1) is 6.26 Å². The average molecular weight is 351 g/mol. The van der Waals surface area contributed by atoms with Crippen molar-refractivity contribution in [3.63, 3.8) is 0 Å². The highest BCUT2D eigenvalue weighted by Crippen LogP contribution is 2.16. The topological polar surface area (TPSA) is 67.5 Å². The molecular formula is C20H21N3O3. The van der Waals surface area contributed by atoms with Crippen molar-refractivity contribution in [1.82, 2.24) is 14.8 Å². The van der Waals surface area contributed by atoms with Gasteiger partial charge in [-0.25, -0.2) is 0 Å². The first kappa shape index (κ1) is 16.4. The van der Waals surface area contributed by atoms with Crippen LogP contribution in [0, 0.1) is 0 Å². The molecular weight excluding hydrogens is 330 g/mol. The van der Waals surface area contributed by atoms with Crippen LogP contribution in [0.2, 0.25) is 0 Å². The number of nitrogens with zero attached hydrogens (tertiary/aromatic N) is 2. The van der Waals surface area contributed by atoms with E-state index in [-0.39, 0.29) is 24.4 Å². The van der Waals surface area contributed by atoms with E-state index in [9.17, 15) is 9.59 Å². The number of para-hydroxylation sites is 1. The zero-order valence-corrected chi connectivity index (χ0v) is 14.4. The van der Waals surface area contributed by atoms with Gasteiger partial charge in [0.25, 0.3) is 5.91 Å². The van der Waals surface area contributed by atoms with Crippen molar-refractivity contribution in [1.29, 1.82) is 0 Å². The SMILES string of the molecule is O=C(Cn1ccc2ccccc21)NC1CCCN(C(=O)c2ccco2)C1. The number of hydrogen-bond acceptors (Lipinski definition) is 3. The zero-order valence-electron chi connectivity index (χ0n) is 14.4. The van der Waals surface area contributed by atoms with E-state index in [4.69, 9.17) is 4.42 Å². The summed E-state index contributed by atoms with van der Waals surface area (Å²) in [5.41, 5.74) is 1.04. The third-order valence-corrected chi connectivity index (χ3v) is 4.80. The molecule has 1 unspecified atom stereocenters. The number of benzene rings is 1. The molecule has 1 atom stereocenters. The molecule has 1 fully saturated rings. The smallest absolute Gasteiger partial charge is 0.289 e. The van der Waals surface area contributed by atoms with Gasteiger partial charge in [-0.3, -0.25) is 9.59 Å². The van der Waals surface area contributed by atoms with Crippen LogP contribution in [0.3, 0.4) is 0 Å². The quantitative estimate of drug-likeness (QED) is 0.786. The second kappa shape index (κ2) is 7.07. The molecule has 1 aliphatic heterocycles. The lowest BCUT2D eigenvalue weighted by Gasteiger charge is -2.32. The first-order valence-corrected chi connectivity index (χ1v) is 8.87. The molecule has 1 N–H and O–H groups in total. The minimum atomic E-state index is -0.120. The lowest BCUT2D eigenvalue weighted by Crippen LogP contribution is -2.50. The van der Waals surface area contributed by atoms with Gasteiger partial charge in [-0.2, -0.15) is 0 Å². The molecule has 1 aliphatic rings. The molecule has 0 bridgehead atoms. The van der Waals surface area contributed by atoms with Gasteiger partial charge in [0, 0.05) is 30.8 Å². The Morgan fingerprint density at radius 2 is 2.04 bits per heavy atom. The Morgan fingerprint density at radius 3 is 2.88 bits per heavy atom. The lowest BCUT2D eigenvalue weighted by molar-refractivity contribution is -0.122. The fourth-order valence-electron chi connectivity index (χ4n) is 3.54. The first-order chi connectivity index (χ1) is 12.7. The van der Waals surface area contributed by atoms with Crippen molar-refractivity contribution in [3.05, 3.63) is 60.7 Å². The largest absolute Gasteiger partial charge is 0.459 e. The van der Waals surface area contributed by atoms with Crippen molar-refractivity contribution in [2.75, 3.05) is 13.1 Å². The molecule has 1 aromatic carbocycles. The van der Waals surface area contributed by atoms with Crippen molar-refractivity contribution < 1.29 is 14.0 Å². The molecule has 1 saturated heterocycles. The summed E-state index contributed by atoms with van der Waals surface area (Å²) in [6.07, 6.45) is 5.17. The summed E-state index contributed by atoms with van der Waals surface area (Å²) in [7, 11) is 0. The highest BCUT2D eigenvalue weighted by molar-refractivity contribution is 5.91. The predicted octanol–water partition coefficient (Wildman–Crippen LogP) is 2.66. The highest BCUT2D eigenvalue weighted by atomic mass is 16.3. The summed E-state index contributed by atoms with van der Waals surface area (Å²) in [4.78, 5) is 26.6. The third-order valence-electron chi connectivity index (χ3n) is 4.80. The van der Waals surface area contributed by atoms with E-state index < -0.39 is 0 Å². The van der Waals surface area contributed by atoms with E-state index in [0.29, 0.717) is 18.8 Å². The molecule has 0 spiro atoms. The highest BCUT2D eigenvalue weighted by Gasteiger charge is 2.26.